The second kappa shape index (κ2) is 45.6. The van der Waals surface area contributed by atoms with E-state index in [4.69, 9.17) is 30.6 Å². The van der Waals surface area contributed by atoms with Crippen LogP contribution in [-0.2, 0) is 49.5 Å². The zero-order valence-corrected chi connectivity index (χ0v) is 53.3. The largest absolute Gasteiger partial charge is 1.00 e. The summed E-state index contributed by atoms with van der Waals surface area (Å²) >= 11 is 12.8. The maximum atomic E-state index is 12.2. The van der Waals surface area contributed by atoms with E-state index in [1.54, 1.807) is 0 Å². The Balaban J connectivity index is -0.000000166. The minimum atomic E-state index is -1.67. The van der Waals surface area contributed by atoms with Crippen molar-refractivity contribution in [3.05, 3.63) is 215 Å². The zero-order valence-electron chi connectivity index (χ0n) is 42.5. The number of ether oxygens (including phenoxy) is 1. The van der Waals surface area contributed by atoms with E-state index in [0.29, 0.717) is 23.5 Å². The van der Waals surface area contributed by atoms with Crippen molar-refractivity contribution in [1.82, 2.24) is 5.32 Å². The monoisotopic (exact) mass is 1320 g/mol. The quantitative estimate of drug-likeness (QED) is 0.0338. The van der Waals surface area contributed by atoms with E-state index in [0.717, 1.165) is 41.2 Å². The summed E-state index contributed by atoms with van der Waals surface area (Å²) in [4.78, 5) is 35.4. The van der Waals surface area contributed by atoms with Crippen LogP contribution in [0.2, 0.25) is 0 Å². The summed E-state index contributed by atoms with van der Waals surface area (Å²) in [5, 5.41) is 22.0. The normalized spacial score (nSPS) is 11.2. The molecule has 6 aromatic rings. The molecule has 2 N–H and O–H groups in total. The van der Waals surface area contributed by atoms with Crippen LogP contribution in [-0.4, -0.2) is 82.9 Å². The average molecular weight is 1330 g/mol. The van der Waals surface area contributed by atoms with Gasteiger partial charge in [0.25, 0.3) is 6.47 Å². The van der Waals surface area contributed by atoms with Crippen molar-refractivity contribution in [3.8, 4) is 0 Å². The Bertz CT molecular complexity index is 2240. The molecule has 6 aromatic carbocycles. The minimum absolute atomic E-state index is 0. The summed E-state index contributed by atoms with van der Waals surface area (Å²) in [5.41, 5.74) is 4.15. The van der Waals surface area contributed by atoms with Crippen molar-refractivity contribution in [3.63, 3.8) is 0 Å². The number of carboxylic acid groups (broad SMARTS) is 1. The van der Waals surface area contributed by atoms with Gasteiger partial charge in [0.2, 0.25) is 14.5 Å². The van der Waals surface area contributed by atoms with Crippen molar-refractivity contribution in [1.29, 1.82) is 0 Å². The molecular weight excluding hydrogens is 1260 g/mol. The van der Waals surface area contributed by atoms with Crippen LogP contribution in [0.25, 0.3) is 0 Å². The molecular formula is C55H69Br3Cl3FN2Na2O8S. The molecule has 75 heavy (non-hydrogen) atoms. The number of aliphatic carboxylic acids is 1. The van der Waals surface area contributed by atoms with Crippen LogP contribution in [0.5, 0.6) is 0 Å². The molecule has 0 unspecified atom stereocenters. The number of nitrogens with zero attached hydrogens (tertiary/aromatic N) is 1. The maximum absolute atomic E-state index is 12.2. The third-order valence-electron chi connectivity index (χ3n) is 10.8. The number of alkyl halides is 2. The van der Waals surface area contributed by atoms with E-state index < -0.39 is 26.0 Å². The predicted molar refractivity (Wildman–Crippen MR) is 305 cm³/mol. The Labute approximate surface area is 535 Å². The van der Waals surface area contributed by atoms with Gasteiger partial charge >= 0.3 is 71.0 Å². The number of nitrogens with one attached hydrogen (secondary N) is 1. The Morgan fingerprint density at radius 2 is 0.973 bits per heavy atom. The van der Waals surface area contributed by atoms with Crippen molar-refractivity contribution in [2.75, 3.05) is 45.5 Å². The number of halogens is 7. The number of carbonyl (C=O) groups excluding carboxylic acids is 2. The topological polar surface area (TPSA) is 145 Å². The molecule has 0 radical (unpaired) electrons. The molecule has 0 saturated carbocycles. The van der Waals surface area contributed by atoms with Gasteiger partial charge in [-0.15, -0.1) is 0 Å². The Morgan fingerprint density at radius 3 is 1.20 bits per heavy atom. The summed E-state index contributed by atoms with van der Waals surface area (Å²) in [5.74, 6) is 0.222. The molecule has 0 aliphatic carbocycles. The molecule has 404 valence electrons. The van der Waals surface area contributed by atoms with E-state index >= 15 is 0 Å². The van der Waals surface area contributed by atoms with Crippen LogP contribution < -0.4 is 86.7 Å². The van der Waals surface area contributed by atoms with Gasteiger partial charge in [-0.2, -0.15) is 0 Å². The van der Waals surface area contributed by atoms with Gasteiger partial charge in [0.1, 0.15) is 24.9 Å². The van der Waals surface area contributed by atoms with Crippen LogP contribution >= 0.6 is 64.8 Å². The summed E-state index contributed by atoms with van der Waals surface area (Å²) in [7, 11) is 15.2. The second-order valence-corrected chi connectivity index (χ2v) is 19.5. The molecule has 1 heterocycles. The average Bonchev–Trinajstić information content (AvgIpc) is 3.84. The number of hydrogen-bond donors (Lipinski definition) is 2. The molecule has 1 aliphatic heterocycles. The molecule has 1 fully saturated rings. The van der Waals surface area contributed by atoms with Gasteiger partial charge < -0.3 is 43.7 Å². The van der Waals surface area contributed by atoms with E-state index in [-0.39, 0.29) is 116 Å². The number of benzene rings is 6. The minimum Gasteiger partial charge on any atom is -1.00 e. The van der Waals surface area contributed by atoms with Crippen LogP contribution in [0.3, 0.4) is 0 Å². The Kier molecular flexibility index (Phi) is 49.5. The first-order valence-corrected chi connectivity index (χ1v) is 26.8. The van der Waals surface area contributed by atoms with Gasteiger partial charge in [-0.1, -0.05) is 229 Å². The first-order chi connectivity index (χ1) is 33.2. The van der Waals surface area contributed by atoms with E-state index in [1.807, 2.05) is 135 Å². The molecule has 0 spiro atoms. The Morgan fingerprint density at radius 1 is 0.720 bits per heavy atom. The number of rotatable bonds is 13. The van der Waals surface area contributed by atoms with Gasteiger partial charge in [-0.25, -0.2) is 8.78 Å². The van der Waals surface area contributed by atoms with Gasteiger partial charge in [0.05, 0.1) is 12.0 Å². The first kappa shape index (κ1) is 81.6. The summed E-state index contributed by atoms with van der Waals surface area (Å²) in [6.45, 7) is 0.581. The molecule has 10 nitrogen and oxygen atoms in total. The van der Waals surface area contributed by atoms with Crippen molar-refractivity contribution in [2.45, 2.75) is 50.4 Å². The van der Waals surface area contributed by atoms with E-state index in [2.05, 4.69) is 143 Å². The van der Waals surface area contributed by atoms with Crippen molar-refractivity contribution in [2.24, 2.45) is 0 Å². The van der Waals surface area contributed by atoms with E-state index in [1.165, 1.54) is 11.1 Å². The van der Waals surface area contributed by atoms with Crippen LogP contribution in [0.1, 0.15) is 70.3 Å². The molecule has 20 heteroatoms. The van der Waals surface area contributed by atoms with Crippen LogP contribution in [0.15, 0.2) is 182 Å². The van der Waals surface area contributed by atoms with Crippen LogP contribution in [0, 0.1) is 0 Å². The fraction of sp³-hybridized carbons (Fsp3) is 0.273. The van der Waals surface area contributed by atoms with Gasteiger partial charge in [-0.3, -0.25) is 19.1 Å². The second-order valence-electron chi connectivity index (χ2n) is 15.0. The fourth-order valence-electron chi connectivity index (χ4n) is 7.95. The zero-order chi connectivity index (χ0) is 51.1. The molecule has 0 atom stereocenters. The number of hydrogen-bond acceptors (Lipinski definition) is 8. The van der Waals surface area contributed by atoms with Crippen molar-refractivity contribution < 1.29 is 127 Å². The standard InChI is InChI=1S/C18H20NO.C16H14BrClO.C16H15BrO2.C2H7N.CH2O3.2CH4.BrH.Cl2OS.FH.2Na.H2.H/c1-19(2)17-18(13-14-20-17,15-9-5-3-6-10-15)16-11-7-4-8-12-16;2*17-12-11-16(15(18)19,13-7-3-1-4-8-13)14-9-5-2-6-10-14;1-3-2;2-1-4-3;;;;1-4(2)3;;;;;/h3-12H,13-14H2,1-2H3;1-10H,11-12H2;1-10H,11-12H2,(H,18,19);3H,1-2H3;1,3H;2*1H4;1H;;1H;;;1H;/q+1;;;;;;;;;;2*+1;;-1/p-2. The summed E-state index contributed by atoms with van der Waals surface area (Å²) in [6.07, 6.45) is 2.12. The summed E-state index contributed by atoms with van der Waals surface area (Å²) in [6, 6.07) is 59.6. The molecule has 1 saturated heterocycles. The smallest absolute Gasteiger partial charge is 1.00 e. The predicted octanol–water partition coefficient (Wildman–Crippen LogP) is 3.54. The third kappa shape index (κ3) is 24.3. The fourth-order valence-corrected chi connectivity index (χ4v) is 9.46. The number of carboxylic acids is 1. The maximum Gasteiger partial charge on any atom is 1.00 e. The van der Waals surface area contributed by atoms with Gasteiger partial charge in [0.15, 0.2) is 0 Å². The molecule has 0 amide bonds. The number of carbonyl (C=O) groups is 3. The van der Waals surface area contributed by atoms with Crippen molar-refractivity contribution >= 4 is 97.6 Å². The van der Waals surface area contributed by atoms with Gasteiger partial charge in [-0.05, 0) is 71.9 Å². The summed E-state index contributed by atoms with van der Waals surface area (Å²) < 4.78 is 17.2. The third-order valence-corrected chi connectivity index (χ3v) is 11.9. The SMILES string of the molecule is C.C.CNC.C[N+](C)=C1OCCC1(c1ccccc1)c1ccccc1.F.O=C(Cl)C(CCBr)(c1ccccc1)c1ccccc1.O=C(O)C(CCBr)(c1ccccc1)c1ccccc1.O=CO[O-].O=S(Cl)Cl.[Br-].[H-].[HH].[Na+].[Na+]. The van der Waals surface area contributed by atoms with E-state index in [9.17, 15) is 14.7 Å². The molecule has 7 rings (SSSR count). The Hall–Kier alpha value is -2.29. The molecule has 1 aliphatic rings. The van der Waals surface area contributed by atoms with Gasteiger partial charge in [0, 0.05) is 39.9 Å². The molecule has 0 aromatic heterocycles. The van der Waals surface area contributed by atoms with Crippen LogP contribution in [0.4, 0.5) is 4.70 Å². The molecule has 0 bridgehead atoms. The first-order valence-electron chi connectivity index (χ1n) is 21.4.